The lowest BCUT2D eigenvalue weighted by Gasteiger charge is -2.24. The summed E-state index contributed by atoms with van der Waals surface area (Å²) >= 11 is 19.8. The van der Waals surface area contributed by atoms with Crippen molar-refractivity contribution in [2.24, 2.45) is 0 Å². The van der Waals surface area contributed by atoms with Crippen molar-refractivity contribution >= 4 is 68.2 Å². The molecule has 0 saturated heterocycles. The molecule has 3 rings (SSSR count). The van der Waals surface area contributed by atoms with Gasteiger partial charge in [-0.05, 0) is 61.0 Å². The highest BCUT2D eigenvalue weighted by atomic mass is 35.5. The molecule has 5 nitrogen and oxygen atoms in total. The highest BCUT2D eigenvalue weighted by molar-refractivity contribution is 7.98. The second-order valence-corrected chi connectivity index (χ2v) is 11.6. The maximum Gasteiger partial charge on any atom is 0.264 e. The topological polar surface area (TPSA) is 66.5 Å². The van der Waals surface area contributed by atoms with Gasteiger partial charge in [0.25, 0.3) is 10.0 Å². The van der Waals surface area contributed by atoms with Gasteiger partial charge in [-0.15, -0.1) is 0 Å². The molecule has 0 aliphatic heterocycles. The van der Waals surface area contributed by atoms with Crippen LogP contribution in [-0.2, 0) is 20.6 Å². The lowest BCUT2D eigenvalue weighted by Crippen LogP contribution is -2.41. The molecule has 0 spiro atoms. The van der Waals surface area contributed by atoms with Gasteiger partial charge < -0.3 is 5.32 Å². The number of thioether (sulfide) groups is 1. The summed E-state index contributed by atoms with van der Waals surface area (Å²) in [6, 6.07) is 18.2. The predicted molar refractivity (Wildman–Crippen MR) is 143 cm³/mol. The molecule has 0 aromatic heterocycles. The van der Waals surface area contributed by atoms with Crippen LogP contribution in [0.25, 0.3) is 0 Å². The molecule has 10 heteroatoms. The molecule has 0 fully saturated rings. The summed E-state index contributed by atoms with van der Waals surface area (Å²) in [6.45, 7) is 1.92. The number of hydrogen-bond acceptors (Lipinski definition) is 4. The zero-order valence-corrected chi connectivity index (χ0v) is 22.2. The highest BCUT2D eigenvalue weighted by Crippen LogP contribution is 2.28. The van der Waals surface area contributed by atoms with Crippen molar-refractivity contribution in [3.8, 4) is 0 Å². The van der Waals surface area contributed by atoms with E-state index in [9.17, 15) is 13.2 Å². The lowest BCUT2D eigenvalue weighted by molar-refractivity contribution is -0.119. The van der Waals surface area contributed by atoms with Gasteiger partial charge >= 0.3 is 0 Å². The van der Waals surface area contributed by atoms with E-state index >= 15 is 0 Å². The van der Waals surface area contributed by atoms with Gasteiger partial charge in [0, 0.05) is 33.1 Å². The average Bonchev–Trinajstić information content (AvgIpc) is 2.80. The smallest absolute Gasteiger partial charge is 0.264 e. The van der Waals surface area contributed by atoms with E-state index in [1.165, 1.54) is 24.3 Å². The number of hydrogen-bond donors (Lipinski definition) is 1. The normalized spacial score (nSPS) is 11.3. The molecule has 0 atom stereocenters. The summed E-state index contributed by atoms with van der Waals surface area (Å²) in [5.41, 5.74) is 2.23. The molecule has 3 aromatic rings. The predicted octanol–water partition coefficient (Wildman–Crippen LogP) is 6.20. The third-order valence-corrected chi connectivity index (χ3v) is 8.62. The Morgan fingerprint density at radius 2 is 1.56 bits per heavy atom. The van der Waals surface area contributed by atoms with Crippen molar-refractivity contribution in [1.29, 1.82) is 0 Å². The van der Waals surface area contributed by atoms with Crippen LogP contribution in [0, 0.1) is 6.92 Å². The molecule has 1 N–H and O–H groups in total. The molecule has 0 aliphatic carbocycles. The molecule has 0 saturated carbocycles. The Balaban J connectivity index is 1.64. The van der Waals surface area contributed by atoms with E-state index < -0.39 is 15.9 Å². The molecule has 1 amide bonds. The summed E-state index contributed by atoms with van der Waals surface area (Å²) in [5.74, 6) is 0.811. The zero-order valence-electron chi connectivity index (χ0n) is 18.3. The van der Waals surface area contributed by atoms with Crippen LogP contribution in [0.2, 0.25) is 15.1 Å². The summed E-state index contributed by atoms with van der Waals surface area (Å²) in [5, 5.41) is 4.42. The van der Waals surface area contributed by atoms with Crippen LogP contribution >= 0.6 is 46.6 Å². The van der Waals surface area contributed by atoms with Gasteiger partial charge in [0.15, 0.2) is 0 Å². The average molecular weight is 558 g/mol. The maximum atomic E-state index is 13.3. The number of halogens is 3. The van der Waals surface area contributed by atoms with Crippen LogP contribution in [0.4, 0.5) is 5.69 Å². The first kappa shape index (κ1) is 26.7. The van der Waals surface area contributed by atoms with Crippen molar-refractivity contribution in [1.82, 2.24) is 5.32 Å². The SMILES string of the molecule is Cc1ccc(N(CC(=O)NCCSCc2c(Cl)cccc2Cl)S(=O)(=O)c2ccc(Cl)cc2)cc1. The number of anilines is 1. The number of aryl methyl sites for hydroxylation is 1. The second-order valence-electron chi connectivity index (χ2n) is 7.40. The minimum absolute atomic E-state index is 0.0532. The van der Waals surface area contributed by atoms with E-state index in [1.807, 2.05) is 6.92 Å². The molecule has 0 radical (unpaired) electrons. The molecule has 3 aromatic carbocycles. The van der Waals surface area contributed by atoms with Gasteiger partial charge in [-0.3, -0.25) is 9.10 Å². The van der Waals surface area contributed by atoms with Crippen molar-refractivity contribution in [2.75, 3.05) is 23.1 Å². The lowest BCUT2D eigenvalue weighted by atomic mass is 10.2. The number of sulfonamides is 1. The monoisotopic (exact) mass is 556 g/mol. The molecular weight excluding hydrogens is 535 g/mol. The Hall–Kier alpha value is -1.90. The highest BCUT2D eigenvalue weighted by Gasteiger charge is 2.27. The van der Waals surface area contributed by atoms with Crippen LogP contribution in [-0.4, -0.2) is 33.2 Å². The van der Waals surface area contributed by atoms with Crippen LogP contribution in [0.15, 0.2) is 71.6 Å². The van der Waals surface area contributed by atoms with Crippen LogP contribution in [0.5, 0.6) is 0 Å². The van der Waals surface area contributed by atoms with Gasteiger partial charge in [-0.2, -0.15) is 11.8 Å². The Morgan fingerprint density at radius 3 is 2.18 bits per heavy atom. The first-order chi connectivity index (χ1) is 16.2. The summed E-state index contributed by atoms with van der Waals surface area (Å²) < 4.78 is 27.8. The summed E-state index contributed by atoms with van der Waals surface area (Å²) in [7, 11) is -3.98. The number of rotatable bonds is 10. The Bertz CT molecular complexity index is 1220. The number of carbonyl (C=O) groups is 1. The minimum Gasteiger partial charge on any atom is -0.354 e. The molecule has 0 unspecified atom stereocenters. The largest absolute Gasteiger partial charge is 0.354 e. The summed E-state index contributed by atoms with van der Waals surface area (Å²) in [4.78, 5) is 12.7. The molecule has 180 valence electrons. The maximum absolute atomic E-state index is 13.3. The van der Waals surface area contributed by atoms with Crippen molar-refractivity contribution in [3.05, 3.63) is 92.9 Å². The number of amides is 1. The number of nitrogens with zero attached hydrogens (tertiary/aromatic N) is 1. The van der Waals surface area contributed by atoms with Gasteiger partial charge in [0.05, 0.1) is 10.6 Å². The number of benzene rings is 3. The minimum atomic E-state index is -3.98. The van der Waals surface area contributed by atoms with Gasteiger partial charge in [0.1, 0.15) is 6.54 Å². The Kier molecular flexibility index (Phi) is 9.56. The standard InChI is InChI=1S/C24H23Cl3N2O3S2/c1-17-5-9-19(10-6-17)29(34(31,32)20-11-7-18(25)8-12-20)15-24(30)28-13-14-33-16-21-22(26)3-2-4-23(21)27/h2-12H,13-16H2,1H3,(H,28,30). The number of nitrogens with one attached hydrogen (secondary N) is 1. The van der Waals surface area contributed by atoms with Crippen LogP contribution in [0.1, 0.15) is 11.1 Å². The summed E-state index contributed by atoms with van der Waals surface area (Å²) in [6.07, 6.45) is 0. The molecule has 0 aliphatic rings. The van der Waals surface area contributed by atoms with E-state index in [1.54, 1.807) is 54.2 Å². The van der Waals surface area contributed by atoms with E-state index in [4.69, 9.17) is 34.8 Å². The fraction of sp³-hybridized carbons (Fsp3) is 0.208. The van der Waals surface area contributed by atoms with Gasteiger partial charge in [-0.25, -0.2) is 8.42 Å². The van der Waals surface area contributed by atoms with Crippen molar-refractivity contribution < 1.29 is 13.2 Å². The van der Waals surface area contributed by atoms with E-state index in [-0.39, 0.29) is 11.4 Å². The molecule has 0 bridgehead atoms. The van der Waals surface area contributed by atoms with Crippen LogP contribution < -0.4 is 9.62 Å². The molecule has 34 heavy (non-hydrogen) atoms. The van der Waals surface area contributed by atoms with E-state index in [0.717, 1.165) is 15.4 Å². The fourth-order valence-corrected chi connectivity index (χ4v) is 6.20. The second kappa shape index (κ2) is 12.2. The van der Waals surface area contributed by atoms with Crippen molar-refractivity contribution in [3.63, 3.8) is 0 Å². The number of carbonyl (C=O) groups excluding carboxylic acids is 1. The molecule has 0 heterocycles. The fourth-order valence-electron chi connectivity index (χ4n) is 3.05. The first-order valence-electron chi connectivity index (χ1n) is 10.3. The van der Waals surface area contributed by atoms with Gasteiger partial charge in [0.2, 0.25) is 5.91 Å². The van der Waals surface area contributed by atoms with E-state index in [2.05, 4.69) is 5.32 Å². The molecular formula is C24H23Cl3N2O3S2. The van der Waals surface area contributed by atoms with Crippen LogP contribution in [0.3, 0.4) is 0 Å². The Morgan fingerprint density at radius 1 is 0.941 bits per heavy atom. The first-order valence-corrected chi connectivity index (χ1v) is 14.0. The quantitative estimate of drug-likeness (QED) is 0.301. The van der Waals surface area contributed by atoms with Gasteiger partial charge in [-0.1, -0.05) is 58.6 Å². The Labute approximate surface area is 219 Å². The van der Waals surface area contributed by atoms with Crippen molar-refractivity contribution in [2.45, 2.75) is 17.6 Å². The van der Waals surface area contributed by atoms with E-state index in [0.29, 0.717) is 38.8 Å². The third kappa shape index (κ3) is 7.06. The third-order valence-electron chi connectivity index (χ3n) is 4.89. The zero-order chi connectivity index (χ0) is 24.7.